The van der Waals surface area contributed by atoms with Crippen LogP contribution < -0.4 is 5.32 Å². The van der Waals surface area contributed by atoms with Crippen LogP contribution in [0.1, 0.15) is 56.8 Å². The number of thiophene rings is 1. The van der Waals surface area contributed by atoms with Gasteiger partial charge in [0, 0.05) is 30.0 Å². The predicted molar refractivity (Wildman–Crippen MR) is 147 cm³/mol. The molecule has 2 aromatic rings. The average Bonchev–Trinajstić information content (AvgIpc) is 3.62. The SMILES string of the molecule is CC(C)CC(O)C(=O)N1CC(=O)C2C1CCN2C(=O)CC(C)CCNC(=O)c1ccc(-c2cccs2)cc1. The van der Waals surface area contributed by atoms with Crippen LogP contribution in [0, 0.1) is 11.8 Å². The summed E-state index contributed by atoms with van der Waals surface area (Å²) < 4.78 is 0. The van der Waals surface area contributed by atoms with Gasteiger partial charge in [0.05, 0.1) is 12.6 Å². The number of nitrogens with zero attached hydrogens (tertiary/aromatic N) is 2. The Morgan fingerprint density at radius 1 is 1.11 bits per heavy atom. The molecule has 38 heavy (non-hydrogen) atoms. The van der Waals surface area contributed by atoms with Crippen molar-refractivity contribution in [1.82, 2.24) is 15.1 Å². The van der Waals surface area contributed by atoms with Gasteiger partial charge in [0.2, 0.25) is 5.91 Å². The van der Waals surface area contributed by atoms with Crippen molar-refractivity contribution in [3.05, 3.63) is 47.3 Å². The highest BCUT2D eigenvalue weighted by Gasteiger charge is 2.51. The molecular formula is C29H37N3O5S. The highest BCUT2D eigenvalue weighted by molar-refractivity contribution is 7.13. The zero-order valence-corrected chi connectivity index (χ0v) is 23.1. The van der Waals surface area contributed by atoms with Crippen LogP contribution in [0.2, 0.25) is 0 Å². The van der Waals surface area contributed by atoms with Crippen molar-refractivity contribution in [1.29, 1.82) is 0 Å². The summed E-state index contributed by atoms with van der Waals surface area (Å²) in [5, 5.41) is 15.2. The number of ketones is 1. The minimum Gasteiger partial charge on any atom is -0.383 e. The second-order valence-electron chi connectivity index (χ2n) is 10.9. The molecule has 2 aliphatic rings. The Bertz CT molecular complexity index is 1150. The van der Waals surface area contributed by atoms with E-state index in [1.807, 2.05) is 62.5 Å². The van der Waals surface area contributed by atoms with Crippen molar-refractivity contribution in [2.45, 2.75) is 64.6 Å². The third-order valence-electron chi connectivity index (χ3n) is 7.40. The molecule has 2 N–H and O–H groups in total. The monoisotopic (exact) mass is 539 g/mol. The van der Waals surface area contributed by atoms with E-state index in [0.29, 0.717) is 37.9 Å². The lowest BCUT2D eigenvalue weighted by molar-refractivity contribution is -0.142. The number of hydrogen-bond donors (Lipinski definition) is 2. The largest absolute Gasteiger partial charge is 0.383 e. The van der Waals surface area contributed by atoms with Gasteiger partial charge in [-0.05, 0) is 60.2 Å². The number of rotatable bonds is 10. The highest BCUT2D eigenvalue weighted by Crippen LogP contribution is 2.32. The van der Waals surface area contributed by atoms with Crippen LogP contribution in [0.4, 0.5) is 0 Å². The maximum atomic E-state index is 13.1. The highest BCUT2D eigenvalue weighted by atomic mass is 32.1. The minimum absolute atomic E-state index is 0.0187. The van der Waals surface area contributed by atoms with E-state index < -0.39 is 18.1 Å². The summed E-state index contributed by atoms with van der Waals surface area (Å²) in [6.45, 7) is 6.64. The first-order valence-electron chi connectivity index (χ1n) is 13.4. The van der Waals surface area contributed by atoms with E-state index in [2.05, 4.69) is 5.32 Å². The number of amides is 3. The Labute approximate surface area is 228 Å². The molecule has 0 aliphatic carbocycles. The van der Waals surface area contributed by atoms with Gasteiger partial charge in [0.1, 0.15) is 12.1 Å². The number of likely N-dealkylation sites (tertiary alicyclic amines) is 2. The molecule has 204 valence electrons. The first-order chi connectivity index (χ1) is 18.2. The standard InChI is InChI=1S/C29H37N3O5S/c1-18(2)15-23(33)29(37)32-17-24(34)27-22(32)11-13-31(27)26(35)16-19(3)10-12-30-28(36)21-8-6-20(7-9-21)25-5-4-14-38-25/h4-9,14,18-19,22-23,27,33H,10-13,15-17H2,1-3H3,(H,30,36). The van der Waals surface area contributed by atoms with Gasteiger partial charge in [0.25, 0.3) is 11.8 Å². The number of benzene rings is 1. The summed E-state index contributed by atoms with van der Waals surface area (Å²) in [7, 11) is 0. The van der Waals surface area contributed by atoms with E-state index in [-0.39, 0.29) is 48.4 Å². The number of aliphatic hydroxyl groups is 1. The maximum Gasteiger partial charge on any atom is 0.252 e. The molecule has 8 nitrogen and oxygen atoms in total. The number of nitrogens with one attached hydrogen (secondary N) is 1. The van der Waals surface area contributed by atoms with Gasteiger partial charge in [-0.15, -0.1) is 11.3 Å². The quantitative estimate of drug-likeness (QED) is 0.482. The van der Waals surface area contributed by atoms with Crippen molar-refractivity contribution in [3.63, 3.8) is 0 Å². The molecule has 1 aromatic carbocycles. The third-order valence-corrected chi connectivity index (χ3v) is 8.32. The van der Waals surface area contributed by atoms with Crippen LogP contribution in [0.15, 0.2) is 41.8 Å². The summed E-state index contributed by atoms with van der Waals surface area (Å²) in [5.41, 5.74) is 1.67. The van der Waals surface area contributed by atoms with E-state index in [1.165, 1.54) is 4.90 Å². The Morgan fingerprint density at radius 3 is 2.50 bits per heavy atom. The molecule has 4 atom stereocenters. The van der Waals surface area contributed by atoms with E-state index in [0.717, 1.165) is 10.4 Å². The van der Waals surface area contributed by atoms with Crippen LogP contribution in [-0.2, 0) is 14.4 Å². The van der Waals surface area contributed by atoms with Crippen LogP contribution in [0.5, 0.6) is 0 Å². The Kier molecular flexibility index (Phi) is 8.99. The van der Waals surface area contributed by atoms with Crippen LogP contribution in [0.3, 0.4) is 0 Å². The number of hydrogen-bond acceptors (Lipinski definition) is 6. The lowest BCUT2D eigenvalue weighted by Gasteiger charge is -2.27. The first-order valence-corrected chi connectivity index (χ1v) is 14.3. The first kappa shape index (κ1) is 28.0. The normalized spacial score (nSPS) is 20.5. The van der Waals surface area contributed by atoms with Gasteiger partial charge in [-0.1, -0.05) is 39.0 Å². The number of aliphatic hydroxyl groups excluding tert-OH is 1. The smallest absolute Gasteiger partial charge is 0.252 e. The molecule has 9 heteroatoms. The molecule has 1 aromatic heterocycles. The van der Waals surface area contributed by atoms with Crippen molar-refractivity contribution in [2.75, 3.05) is 19.6 Å². The molecule has 3 amide bonds. The van der Waals surface area contributed by atoms with Crippen molar-refractivity contribution < 1.29 is 24.3 Å². The molecule has 2 aliphatic heterocycles. The Hall–Kier alpha value is -3.04. The molecule has 0 bridgehead atoms. The van der Waals surface area contributed by atoms with E-state index in [9.17, 15) is 24.3 Å². The van der Waals surface area contributed by atoms with Gasteiger partial charge in [-0.3, -0.25) is 19.2 Å². The lowest BCUT2D eigenvalue weighted by atomic mass is 10.0. The van der Waals surface area contributed by atoms with Crippen LogP contribution >= 0.6 is 11.3 Å². The molecule has 4 rings (SSSR count). The van der Waals surface area contributed by atoms with Gasteiger partial charge in [-0.25, -0.2) is 0 Å². The zero-order chi connectivity index (χ0) is 27.4. The van der Waals surface area contributed by atoms with Crippen molar-refractivity contribution in [3.8, 4) is 10.4 Å². The molecule has 0 spiro atoms. The summed E-state index contributed by atoms with van der Waals surface area (Å²) in [6.07, 6.45) is 0.662. The second-order valence-corrected chi connectivity index (χ2v) is 11.8. The predicted octanol–water partition coefficient (Wildman–Crippen LogP) is 3.35. The number of carbonyl (C=O) groups is 4. The molecule has 4 unspecified atom stereocenters. The van der Waals surface area contributed by atoms with Crippen LogP contribution in [0.25, 0.3) is 10.4 Å². The number of Topliss-reactive ketones (excluding diaryl/α,β-unsaturated/α-hetero) is 1. The summed E-state index contributed by atoms with van der Waals surface area (Å²) in [6, 6.07) is 10.6. The van der Waals surface area contributed by atoms with Crippen LogP contribution in [-0.4, -0.2) is 76.2 Å². The van der Waals surface area contributed by atoms with Gasteiger partial charge < -0.3 is 20.2 Å². The Morgan fingerprint density at radius 2 is 1.84 bits per heavy atom. The zero-order valence-electron chi connectivity index (χ0n) is 22.3. The molecule has 2 fully saturated rings. The van der Waals surface area contributed by atoms with Crippen molar-refractivity contribution in [2.24, 2.45) is 11.8 Å². The fraction of sp³-hybridized carbons (Fsp3) is 0.517. The van der Waals surface area contributed by atoms with Gasteiger partial charge in [-0.2, -0.15) is 0 Å². The fourth-order valence-corrected chi connectivity index (χ4v) is 6.14. The Balaban J connectivity index is 1.23. The third kappa shape index (κ3) is 6.32. The van der Waals surface area contributed by atoms with Gasteiger partial charge >= 0.3 is 0 Å². The second kappa shape index (κ2) is 12.2. The fourth-order valence-electron chi connectivity index (χ4n) is 5.41. The molecule has 2 saturated heterocycles. The lowest BCUT2D eigenvalue weighted by Crippen LogP contribution is -2.46. The topological polar surface area (TPSA) is 107 Å². The van der Waals surface area contributed by atoms with Gasteiger partial charge in [0.15, 0.2) is 5.78 Å². The van der Waals surface area contributed by atoms with E-state index in [1.54, 1.807) is 16.2 Å². The molecule has 0 radical (unpaired) electrons. The van der Waals surface area contributed by atoms with E-state index >= 15 is 0 Å². The molecule has 3 heterocycles. The maximum absolute atomic E-state index is 13.1. The number of carbonyl (C=O) groups excluding carboxylic acids is 4. The summed E-state index contributed by atoms with van der Waals surface area (Å²) in [4.78, 5) is 55.4. The summed E-state index contributed by atoms with van der Waals surface area (Å²) in [5.74, 6) is -0.636. The number of fused-ring (bicyclic) bond motifs is 1. The average molecular weight is 540 g/mol. The van der Waals surface area contributed by atoms with Crippen molar-refractivity contribution >= 4 is 34.8 Å². The molecule has 0 saturated carbocycles. The summed E-state index contributed by atoms with van der Waals surface area (Å²) >= 11 is 1.65. The minimum atomic E-state index is -1.12. The molecular weight excluding hydrogens is 502 g/mol. The van der Waals surface area contributed by atoms with E-state index in [4.69, 9.17) is 0 Å².